The summed E-state index contributed by atoms with van der Waals surface area (Å²) >= 11 is 0. The SMILES string of the molecule is CC/C=C\C/C=C\C/C=C\C/C=C\C/C=C\C/C=C\C(CC(=O)NC(CO)C(O)CCCCCCCCCCCCCC)OC(=O)CC/C=C/C/C=C\CCCCCCCC. The van der Waals surface area contributed by atoms with E-state index in [1.165, 1.54) is 96.3 Å². The Bertz CT molecular complexity index is 1220. The lowest BCUT2D eigenvalue weighted by molar-refractivity contribution is -0.148. The zero-order chi connectivity index (χ0) is 44.5. The lowest BCUT2D eigenvalue weighted by Crippen LogP contribution is -2.46. The third-order valence-electron chi connectivity index (χ3n) is 10.7. The van der Waals surface area contributed by atoms with Gasteiger partial charge in [-0.05, 0) is 76.7 Å². The van der Waals surface area contributed by atoms with Gasteiger partial charge in [0, 0.05) is 6.42 Å². The first-order valence-electron chi connectivity index (χ1n) is 25.0. The lowest BCUT2D eigenvalue weighted by atomic mass is 10.0. The number of allylic oxidation sites excluding steroid dienone is 15. The molecule has 0 aliphatic carbocycles. The fourth-order valence-electron chi connectivity index (χ4n) is 6.89. The first-order valence-corrected chi connectivity index (χ1v) is 25.0. The first-order chi connectivity index (χ1) is 30.0. The molecule has 3 unspecified atom stereocenters. The Labute approximate surface area is 376 Å². The maximum atomic E-state index is 13.1. The Hall–Kier alpha value is -3.22. The molecule has 3 N–H and O–H groups in total. The van der Waals surface area contributed by atoms with Crippen LogP contribution in [-0.4, -0.2) is 46.9 Å². The molecule has 0 aliphatic heterocycles. The molecule has 6 nitrogen and oxygen atoms in total. The molecule has 0 saturated heterocycles. The fraction of sp³-hybridized carbons (Fsp3) is 0.673. The van der Waals surface area contributed by atoms with Crippen LogP contribution in [0.25, 0.3) is 0 Å². The van der Waals surface area contributed by atoms with Gasteiger partial charge in [0.05, 0.1) is 25.2 Å². The number of aliphatic hydroxyl groups is 2. The molecule has 0 radical (unpaired) electrons. The monoisotopic (exact) mass is 848 g/mol. The number of aliphatic hydroxyl groups excluding tert-OH is 2. The molecule has 1 amide bonds. The van der Waals surface area contributed by atoms with E-state index in [9.17, 15) is 19.8 Å². The predicted octanol–water partition coefficient (Wildman–Crippen LogP) is 14.9. The number of carbonyl (C=O) groups is 2. The van der Waals surface area contributed by atoms with E-state index in [4.69, 9.17) is 4.74 Å². The van der Waals surface area contributed by atoms with Gasteiger partial charge in [0.15, 0.2) is 0 Å². The molecule has 0 fully saturated rings. The van der Waals surface area contributed by atoms with Crippen molar-refractivity contribution in [2.75, 3.05) is 6.61 Å². The Morgan fingerprint density at radius 3 is 1.39 bits per heavy atom. The van der Waals surface area contributed by atoms with Crippen molar-refractivity contribution in [3.63, 3.8) is 0 Å². The summed E-state index contributed by atoms with van der Waals surface area (Å²) in [6, 6.07) is -0.758. The van der Waals surface area contributed by atoms with Gasteiger partial charge in [-0.15, -0.1) is 0 Å². The maximum Gasteiger partial charge on any atom is 0.306 e. The minimum absolute atomic E-state index is 0.0744. The molecule has 0 aromatic carbocycles. The highest BCUT2D eigenvalue weighted by Gasteiger charge is 2.23. The fourth-order valence-corrected chi connectivity index (χ4v) is 6.89. The summed E-state index contributed by atoms with van der Waals surface area (Å²) in [7, 11) is 0. The smallest absolute Gasteiger partial charge is 0.306 e. The van der Waals surface area contributed by atoms with Gasteiger partial charge in [-0.3, -0.25) is 9.59 Å². The second-order valence-electron chi connectivity index (χ2n) is 16.5. The summed E-state index contributed by atoms with van der Waals surface area (Å²) in [4.78, 5) is 26.0. The van der Waals surface area contributed by atoms with Gasteiger partial charge in [-0.25, -0.2) is 0 Å². The van der Waals surface area contributed by atoms with Gasteiger partial charge in [-0.1, -0.05) is 221 Å². The largest absolute Gasteiger partial charge is 0.458 e. The van der Waals surface area contributed by atoms with E-state index in [-0.39, 0.29) is 31.3 Å². The maximum absolute atomic E-state index is 13.1. The molecule has 61 heavy (non-hydrogen) atoms. The second-order valence-corrected chi connectivity index (χ2v) is 16.5. The number of esters is 1. The third kappa shape index (κ3) is 43.2. The molecule has 0 saturated carbocycles. The molecule has 0 bridgehead atoms. The average Bonchev–Trinajstić information content (AvgIpc) is 3.25. The van der Waals surface area contributed by atoms with Gasteiger partial charge in [-0.2, -0.15) is 0 Å². The number of unbranched alkanes of at least 4 members (excludes halogenated alkanes) is 17. The zero-order valence-electron chi connectivity index (χ0n) is 39.5. The molecule has 0 aromatic heterocycles. The number of carbonyl (C=O) groups excluding carboxylic acids is 2. The molecular formula is C55H93NO5. The van der Waals surface area contributed by atoms with E-state index in [2.05, 4.69) is 105 Å². The summed E-state index contributed by atoms with van der Waals surface area (Å²) in [5.41, 5.74) is 0. The molecule has 3 atom stereocenters. The standard InChI is InChI=1S/C55H93NO5/c1-4-7-10-13-16-19-22-25-26-27-28-30-31-34-37-40-43-46-51(61-55(60)48-45-42-39-36-33-29-23-20-17-14-11-8-5-2)49-54(59)56-52(50-57)53(58)47-44-41-38-35-32-24-21-18-15-12-9-6-3/h7,10,16,19,25-26,28-30,33-34,37,39,42-43,46,51-53,57-58H,4-6,8-9,11-15,17-18,20-24,27,31-32,35-36,38,40-41,44-45,47-50H2,1-3H3,(H,56,59)/b10-7-,19-16-,26-25-,30-28-,33-29-,37-34-,42-39+,46-43-. The predicted molar refractivity (Wildman–Crippen MR) is 264 cm³/mol. The summed E-state index contributed by atoms with van der Waals surface area (Å²) in [6.45, 7) is 6.29. The van der Waals surface area contributed by atoms with E-state index in [1.807, 2.05) is 12.2 Å². The summed E-state index contributed by atoms with van der Waals surface area (Å²) in [6.07, 6.45) is 63.6. The number of hydrogen-bond donors (Lipinski definition) is 3. The molecule has 0 rings (SSSR count). The van der Waals surface area contributed by atoms with E-state index < -0.39 is 18.2 Å². The van der Waals surface area contributed by atoms with Crippen molar-refractivity contribution >= 4 is 11.9 Å². The average molecular weight is 848 g/mol. The summed E-state index contributed by atoms with van der Waals surface area (Å²) in [5.74, 6) is -0.718. The van der Waals surface area contributed by atoms with E-state index in [1.54, 1.807) is 6.08 Å². The van der Waals surface area contributed by atoms with Crippen LogP contribution in [0.2, 0.25) is 0 Å². The van der Waals surface area contributed by atoms with Crippen molar-refractivity contribution in [2.24, 2.45) is 0 Å². The molecule has 0 heterocycles. The van der Waals surface area contributed by atoms with Crippen LogP contribution in [0, 0.1) is 0 Å². The van der Waals surface area contributed by atoms with Crippen LogP contribution < -0.4 is 5.32 Å². The Balaban J connectivity index is 4.87. The van der Waals surface area contributed by atoms with Gasteiger partial charge in [0.1, 0.15) is 6.10 Å². The second kappa shape index (κ2) is 47.8. The quantitative estimate of drug-likeness (QED) is 0.0323. The van der Waals surface area contributed by atoms with E-state index in [0.717, 1.165) is 64.2 Å². The van der Waals surface area contributed by atoms with Crippen molar-refractivity contribution in [1.29, 1.82) is 0 Å². The van der Waals surface area contributed by atoms with Crippen LogP contribution in [-0.2, 0) is 14.3 Å². The van der Waals surface area contributed by atoms with Crippen LogP contribution in [0.4, 0.5) is 0 Å². The molecule has 6 heteroatoms. The Morgan fingerprint density at radius 2 is 0.918 bits per heavy atom. The molecule has 0 aromatic rings. The number of rotatable bonds is 43. The highest BCUT2D eigenvalue weighted by atomic mass is 16.5. The number of hydrogen-bond acceptors (Lipinski definition) is 5. The van der Waals surface area contributed by atoms with Crippen LogP contribution in [0.3, 0.4) is 0 Å². The van der Waals surface area contributed by atoms with Crippen LogP contribution in [0.1, 0.15) is 213 Å². The van der Waals surface area contributed by atoms with Crippen molar-refractivity contribution in [3.8, 4) is 0 Å². The molecular weight excluding hydrogens is 755 g/mol. The number of nitrogens with one attached hydrogen (secondary N) is 1. The molecule has 0 aliphatic rings. The van der Waals surface area contributed by atoms with Gasteiger partial charge >= 0.3 is 5.97 Å². The first kappa shape index (κ1) is 57.8. The van der Waals surface area contributed by atoms with Crippen LogP contribution >= 0.6 is 0 Å². The van der Waals surface area contributed by atoms with Gasteiger partial charge in [0.2, 0.25) is 5.91 Å². The van der Waals surface area contributed by atoms with Crippen molar-refractivity contribution in [2.45, 2.75) is 232 Å². The minimum Gasteiger partial charge on any atom is -0.458 e. The van der Waals surface area contributed by atoms with E-state index >= 15 is 0 Å². The summed E-state index contributed by atoms with van der Waals surface area (Å²) < 4.78 is 5.77. The van der Waals surface area contributed by atoms with Gasteiger partial charge < -0.3 is 20.3 Å². The summed E-state index contributed by atoms with van der Waals surface area (Å²) in [5, 5.41) is 23.6. The van der Waals surface area contributed by atoms with Crippen molar-refractivity contribution in [1.82, 2.24) is 5.32 Å². The van der Waals surface area contributed by atoms with E-state index in [0.29, 0.717) is 19.3 Å². The number of ether oxygens (including phenoxy) is 1. The Kier molecular flexibility index (Phi) is 45.3. The highest BCUT2D eigenvalue weighted by Crippen LogP contribution is 2.15. The van der Waals surface area contributed by atoms with Crippen LogP contribution in [0.15, 0.2) is 97.2 Å². The normalized spacial score (nSPS) is 14.1. The lowest BCUT2D eigenvalue weighted by Gasteiger charge is -2.23. The van der Waals surface area contributed by atoms with Crippen molar-refractivity contribution < 1.29 is 24.5 Å². The molecule has 0 spiro atoms. The molecule has 348 valence electrons. The number of amides is 1. The Morgan fingerprint density at radius 1 is 0.508 bits per heavy atom. The van der Waals surface area contributed by atoms with Crippen LogP contribution in [0.5, 0.6) is 0 Å². The topological polar surface area (TPSA) is 95.9 Å². The zero-order valence-corrected chi connectivity index (χ0v) is 39.5. The highest BCUT2D eigenvalue weighted by molar-refractivity contribution is 5.78. The van der Waals surface area contributed by atoms with Crippen molar-refractivity contribution in [3.05, 3.63) is 97.2 Å². The van der Waals surface area contributed by atoms with Gasteiger partial charge in [0.25, 0.3) is 0 Å². The minimum atomic E-state index is -0.832. The third-order valence-corrected chi connectivity index (χ3v) is 10.7.